The van der Waals surface area contributed by atoms with E-state index >= 15 is 0 Å². The van der Waals surface area contributed by atoms with Gasteiger partial charge >= 0.3 is 0 Å². The lowest BCUT2D eigenvalue weighted by atomic mass is 9.99. The highest BCUT2D eigenvalue weighted by Crippen LogP contribution is 2.16. The van der Waals surface area contributed by atoms with Crippen LogP contribution in [0.5, 0.6) is 0 Å². The summed E-state index contributed by atoms with van der Waals surface area (Å²) in [6.45, 7) is -0.857. The molecule has 0 spiro atoms. The van der Waals surface area contributed by atoms with Crippen LogP contribution in [0.3, 0.4) is 0 Å². The molecule has 0 amide bonds. The second-order valence-corrected chi connectivity index (χ2v) is 2.44. The highest BCUT2D eigenvalue weighted by Gasteiger charge is 2.39. The van der Waals surface area contributed by atoms with Crippen molar-refractivity contribution in [2.75, 3.05) is 34.5 Å². The van der Waals surface area contributed by atoms with Crippen LogP contribution in [0, 0.1) is 0 Å². The number of aliphatic hydroxyl groups excluding tert-OH is 1. The first-order valence-electron chi connectivity index (χ1n) is 5.60. The number of carbonyl (C=O) groups excluding carboxylic acids is 1. The second-order valence-electron chi connectivity index (χ2n) is 2.44. The number of rotatable bonds is 7. The summed E-state index contributed by atoms with van der Waals surface area (Å²) in [7, 11) is -1.34. The number of carbonyl (C=O) groups is 1. The summed E-state index contributed by atoms with van der Waals surface area (Å²) in [6, 6.07) is 0. The van der Waals surface area contributed by atoms with Crippen LogP contribution in [0.1, 0.15) is 4.11 Å². The molecule has 0 aliphatic heterocycles. The van der Waals surface area contributed by atoms with E-state index in [4.69, 9.17) is 18.3 Å². The molecule has 2 atom stereocenters. The maximum atomic E-state index is 10.8. The molecule has 0 rings (SSSR count). The van der Waals surface area contributed by atoms with Crippen LogP contribution < -0.4 is 0 Å². The summed E-state index contributed by atoms with van der Waals surface area (Å²) in [4.78, 5) is 10.8. The van der Waals surface area contributed by atoms with E-state index in [0.717, 1.165) is 0 Å². The topological polar surface area (TPSA) is 65.0 Å². The predicted octanol–water partition coefficient (Wildman–Crippen LogP) is -0.776. The fourth-order valence-electron chi connectivity index (χ4n) is 0.875. The smallest absolute Gasteiger partial charge is 0.151 e. The minimum atomic E-state index is -1.52. The third-order valence-corrected chi connectivity index (χ3v) is 1.72. The van der Waals surface area contributed by atoms with E-state index < -0.39 is 32.5 Å². The molecule has 0 bridgehead atoms. The van der Waals surface area contributed by atoms with E-state index in [0.29, 0.717) is 6.29 Å². The summed E-state index contributed by atoms with van der Waals surface area (Å²) in [6.07, 6.45) is -0.819. The van der Waals surface area contributed by atoms with Crippen molar-refractivity contribution in [2.45, 2.75) is 11.7 Å². The van der Waals surface area contributed by atoms with Crippen LogP contribution in [0.4, 0.5) is 0 Å². The van der Waals surface area contributed by atoms with Gasteiger partial charge in [-0.25, -0.2) is 0 Å². The molecule has 0 aromatic carbocycles. The van der Waals surface area contributed by atoms with Gasteiger partial charge in [-0.15, -0.1) is 0 Å². The molecule has 0 saturated heterocycles. The third kappa shape index (κ3) is 2.73. The van der Waals surface area contributed by atoms with Crippen molar-refractivity contribution in [2.24, 2.45) is 0 Å². The Bertz CT molecular complexity index is 195. The summed E-state index contributed by atoms with van der Waals surface area (Å²) < 4.78 is 35.1. The van der Waals surface area contributed by atoms with Crippen molar-refractivity contribution >= 4 is 6.29 Å². The third-order valence-electron chi connectivity index (χ3n) is 1.72. The predicted molar refractivity (Wildman–Crippen MR) is 45.6 cm³/mol. The lowest BCUT2D eigenvalue weighted by molar-refractivity contribution is -0.169. The molecule has 1 unspecified atom stereocenters. The molecule has 0 aromatic heterocycles. The zero-order chi connectivity index (χ0) is 12.4. The molecular weight excluding hydrogens is 176 g/mol. The molecule has 78 valence electrons. The number of hydrogen-bond donors (Lipinski definition) is 1. The van der Waals surface area contributed by atoms with E-state index in [-0.39, 0.29) is 13.7 Å². The van der Waals surface area contributed by atoms with Gasteiger partial charge < -0.3 is 24.1 Å². The Balaban J connectivity index is 4.73. The monoisotopic (exact) mass is 195 g/mol. The Hall–Kier alpha value is -0.490. The molecule has 0 radical (unpaired) electrons. The van der Waals surface area contributed by atoms with Crippen molar-refractivity contribution in [1.82, 2.24) is 0 Å². The van der Waals surface area contributed by atoms with Crippen LogP contribution in [0.15, 0.2) is 0 Å². The summed E-state index contributed by atoms with van der Waals surface area (Å²) in [5, 5.41) is 9.21. The van der Waals surface area contributed by atoms with Crippen LogP contribution in [0.2, 0.25) is 0 Å². The largest absolute Gasteiger partial charge is 0.393 e. The normalized spacial score (nSPS) is 20.8. The van der Waals surface area contributed by atoms with Gasteiger partial charge in [0.1, 0.15) is 11.7 Å². The summed E-state index contributed by atoms with van der Waals surface area (Å²) >= 11 is 0. The van der Waals surface area contributed by atoms with E-state index in [9.17, 15) is 9.90 Å². The fraction of sp³-hybridized carbons (Fsp3) is 0.875. The Morgan fingerprint density at radius 3 is 2.92 bits per heavy atom. The number of methoxy groups -OCH3 is 3. The Kier molecular flexibility index (Phi) is 3.66. The minimum Gasteiger partial charge on any atom is -0.393 e. The highest BCUT2D eigenvalue weighted by atomic mass is 16.6. The Morgan fingerprint density at radius 1 is 1.62 bits per heavy atom. The molecule has 0 fully saturated rings. The van der Waals surface area contributed by atoms with Crippen molar-refractivity contribution in [3.8, 4) is 0 Å². The fourth-order valence-corrected chi connectivity index (χ4v) is 0.875. The molecular formula is C8H16O5. The quantitative estimate of drug-likeness (QED) is 0.540. The van der Waals surface area contributed by atoms with Crippen molar-refractivity contribution in [3.63, 3.8) is 0 Å². The first kappa shape index (κ1) is 7.87. The molecule has 0 aromatic rings. The zero-order valence-corrected chi connectivity index (χ0v) is 7.27. The van der Waals surface area contributed by atoms with Gasteiger partial charge in [0.15, 0.2) is 6.29 Å². The molecule has 0 aliphatic carbocycles. The van der Waals surface area contributed by atoms with Crippen molar-refractivity contribution in [3.05, 3.63) is 0 Å². The van der Waals surface area contributed by atoms with Crippen LogP contribution in [-0.2, 0) is 19.0 Å². The Labute approximate surface area is 81.8 Å². The number of hydrogen-bond acceptors (Lipinski definition) is 5. The zero-order valence-electron chi connectivity index (χ0n) is 10.3. The van der Waals surface area contributed by atoms with Crippen molar-refractivity contribution < 1.29 is 28.2 Å². The highest BCUT2D eigenvalue weighted by molar-refractivity contribution is 5.58. The summed E-state index contributed by atoms with van der Waals surface area (Å²) in [5.74, 6) is 0. The molecule has 13 heavy (non-hydrogen) atoms. The number of aldehydes is 1. The molecule has 5 heteroatoms. The number of aliphatic hydroxyl groups is 1. The average Bonchev–Trinajstić information content (AvgIpc) is 2.32. The first-order valence-corrected chi connectivity index (χ1v) is 3.48. The lowest BCUT2D eigenvalue weighted by Gasteiger charge is -2.33. The van der Waals surface area contributed by atoms with Crippen LogP contribution in [0.25, 0.3) is 0 Å². The van der Waals surface area contributed by atoms with E-state index in [1.54, 1.807) is 0 Å². The maximum absolute atomic E-state index is 10.8. The van der Waals surface area contributed by atoms with Crippen LogP contribution >= 0.6 is 0 Å². The first-order chi connectivity index (χ1) is 7.70. The Morgan fingerprint density at radius 2 is 2.46 bits per heavy atom. The minimum absolute atomic E-state index is 0.255. The van der Waals surface area contributed by atoms with E-state index in [1.165, 1.54) is 0 Å². The van der Waals surface area contributed by atoms with Gasteiger partial charge in [0, 0.05) is 21.3 Å². The number of ether oxygens (including phenoxy) is 3. The van der Waals surface area contributed by atoms with Gasteiger partial charge in [-0.3, -0.25) is 0 Å². The van der Waals surface area contributed by atoms with E-state index in [1.807, 2.05) is 0 Å². The van der Waals surface area contributed by atoms with Gasteiger partial charge in [0.25, 0.3) is 0 Å². The molecule has 0 aliphatic rings. The average molecular weight is 195 g/mol. The van der Waals surface area contributed by atoms with Gasteiger partial charge in [-0.05, 0) is 0 Å². The maximum Gasteiger partial charge on any atom is 0.151 e. The van der Waals surface area contributed by atoms with Crippen LogP contribution in [-0.4, -0.2) is 57.6 Å². The summed E-state index contributed by atoms with van der Waals surface area (Å²) in [5.41, 5.74) is -1.52. The molecule has 5 nitrogen and oxygen atoms in total. The standard InChI is InChI=1S/C8H16O5/c1-11-6-8(5-10,13-3)7(4-9)12-2/h4,7,10H,5-6H2,1-3H3/t7-,8?/m0/s1/i1D,2D,3D. The van der Waals surface area contributed by atoms with Crippen molar-refractivity contribution in [1.29, 1.82) is 0 Å². The van der Waals surface area contributed by atoms with Gasteiger partial charge in [0.2, 0.25) is 0 Å². The van der Waals surface area contributed by atoms with Gasteiger partial charge in [-0.1, -0.05) is 0 Å². The molecule has 1 N–H and O–H groups in total. The van der Waals surface area contributed by atoms with Gasteiger partial charge in [0.05, 0.1) is 17.3 Å². The molecule has 0 saturated carbocycles. The SMILES string of the molecule is [2H]COCC(CO)(OC[2H])[C@H](C=O)OC[2H]. The van der Waals surface area contributed by atoms with E-state index in [2.05, 4.69) is 0 Å². The second kappa shape index (κ2) is 6.04. The lowest BCUT2D eigenvalue weighted by Crippen LogP contribution is -2.52. The molecule has 0 heterocycles. The van der Waals surface area contributed by atoms with Gasteiger partial charge in [-0.2, -0.15) is 0 Å².